The summed E-state index contributed by atoms with van der Waals surface area (Å²) in [6, 6.07) is 11.0. The van der Waals surface area contributed by atoms with Crippen molar-refractivity contribution in [1.29, 1.82) is 0 Å². The van der Waals surface area contributed by atoms with E-state index in [1.807, 2.05) is 38.1 Å². The minimum atomic E-state index is -0.353. The fraction of sp³-hybridized carbons (Fsp3) is 0.143. The second kappa shape index (κ2) is 8.51. The number of carbonyl (C=O) groups excluding carboxylic acids is 2. The molecule has 2 N–H and O–H groups in total. The monoisotopic (exact) mass is 456 g/mol. The summed E-state index contributed by atoms with van der Waals surface area (Å²) < 4.78 is 0.870. The van der Waals surface area contributed by atoms with E-state index in [-0.39, 0.29) is 17.7 Å². The second-order valence-electron chi connectivity index (χ2n) is 6.75. The third kappa shape index (κ3) is 4.35. The van der Waals surface area contributed by atoms with Crippen molar-refractivity contribution in [1.82, 2.24) is 9.97 Å². The molecule has 2 heterocycles. The van der Waals surface area contributed by atoms with Crippen LogP contribution in [0.1, 0.15) is 34.5 Å². The van der Waals surface area contributed by atoms with Crippen molar-refractivity contribution in [2.75, 3.05) is 10.6 Å². The molecule has 0 saturated heterocycles. The quantitative estimate of drug-likeness (QED) is 0.403. The first kappa shape index (κ1) is 20.5. The molecule has 2 amide bonds. The van der Waals surface area contributed by atoms with Gasteiger partial charge in [-0.05, 0) is 49.2 Å². The Hall–Kier alpha value is -2.81. The smallest absolute Gasteiger partial charge is 0.276 e. The topological polar surface area (TPSA) is 84.0 Å². The van der Waals surface area contributed by atoms with Gasteiger partial charge in [-0.1, -0.05) is 35.1 Å². The van der Waals surface area contributed by atoms with Gasteiger partial charge >= 0.3 is 0 Å². The predicted octanol–water partition coefficient (Wildman–Crippen LogP) is 5.71. The van der Waals surface area contributed by atoms with Crippen molar-refractivity contribution in [2.24, 2.45) is 0 Å². The van der Waals surface area contributed by atoms with E-state index in [1.165, 1.54) is 22.7 Å². The molecule has 4 aromatic rings. The van der Waals surface area contributed by atoms with Crippen LogP contribution < -0.4 is 10.6 Å². The maximum atomic E-state index is 12.7. The molecule has 0 bridgehead atoms. The largest absolute Gasteiger partial charge is 0.326 e. The van der Waals surface area contributed by atoms with Crippen molar-refractivity contribution in [3.05, 3.63) is 69.1 Å². The summed E-state index contributed by atoms with van der Waals surface area (Å²) >= 11 is 8.75. The van der Waals surface area contributed by atoms with Gasteiger partial charge in [-0.3, -0.25) is 14.9 Å². The summed E-state index contributed by atoms with van der Waals surface area (Å²) in [5.41, 5.74) is 5.19. The SMILES string of the molecule is Cc1cc(NC(=O)C(C)c2cccc(Cl)c2)cc2sc(NC(=O)c3cscn3)nc12. The molecule has 0 spiro atoms. The van der Waals surface area contributed by atoms with E-state index in [0.717, 1.165) is 21.3 Å². The molecule has 152 valence electrons. The highest BCUT2D eigenvalue weighted by Crippen LogP contribution is 2.32. The Bertz CT molecular complexity index is 1240. The number of benzene rings is 2. The lowest BCUT2D eigenvalue weighted by Gasteiger charge is -2.13. The number of nitrogens with one attached hydrogen (secondary N) is 2. The van der Waals surface area contributed by atoms with Gasteiger partial charge in [0.25, 0.3) is 5.91 Å². The van der Waals surface area contributed by atoms with Crippen molar-refractivity contribution in [3.63, 3.8) is 0 Å². The summed E-state index contributed by atoms with van der Waals surface area (Å²) in [5.74, 6) is -0.774. The molecule has 2 aromatic carbocycles. The minimum absolute atomic E-state index is 0.127. The number of amides is 2. The Morgan fingerprint density at radius 1 is 1.17 bits per heavy atom. The maximum Gasteiger partial charge on any atom is 0.276 e. The highest BCUT2D eigenvalue weighted by atomic mass is 35.5. The number of aryl methyl sites for hydroxylation is 1. The lowest BCUT2D eigenvalue weighted by molar-refractivity contribution is -0.117. The number of thiazole rings is 2. The number of aromatic nitrogens is 2. The average molecular weight is 457 g/mol. The van der Waals surface area contributed by atoms with E-state index in [2.05, 4.69) is 20.6 Å². The molecule has 0 aliphatic carbocycles. The molecule has 0 aliphatic rings. The van der Waals surface area contributed by atoms with Gasteiger partial charge in [-0.15, -0.1) is 11.3 Å². The summed E-state index contributed by atoms with van der Waals surface area (Å²) in [5, 5.41) is 8.51. The van der Waals surface area contributed by atoms with E-state index >= 15 is 0 Å². The summed E-state index contributed by atoms with van der Waals surface area (Å²) in [4.78, 5) is 33.5. The predicted molar refractivity (Wildman–Crippen MR) is 123 cm³/mol. The lowest BCUT2D eigenvalue weighted by atomic mass is 10.0. The van der Waals surface area contributed by atoms with Gasteiger partial charge in [0, 0.05) is 16.1 Å². The van der Waals surface area contributed by atoms with Crippen molar-refractivity contribution >= 4 is 67.1 Å². The first-order chi connectivity index (χ1) is 14.4. The zero-order valence-corrected chi connectivity index (χ0v) is 18.5. The number of hydrogen-bond acceptors (Lipinski definition) is 6. The summed E-state index contributed by atoms with van der Waals surface area (Å²) in [6.07, 6.45) is 0. The minimum Gasteiger partial charge on any atom is -0.326 e. The van der Waals surface area contributed by atoms with Crippen LogP contribution in [0.15, 0.2) is 47.3 Å². The summed E-state index contributed by atoms with van der Waals surface area (Å²) in [6.45, 7) is 3.76. The number of carbonyl (C=O) groups is 2. The fourth-order valence-electron chi connectivity index (χ4n) is 2.99. The van der Waals surface area contributed by atoms with Gasteiger partial charge in [-0.2, -0.15) is 0 Å². The highest BCUT2D eigenvalue weighted by molar-refractivity contribution is 7.22. The Kier molecular flexibility index (Phi) is 5.80. The van der Waals surface area contributed by atoms with E-state index in [1.54, 1.807) is 23.0 Å². The van der Waals surface area contributed by atoms with Crippen LogP contribution in [-0.4, -0.2) is 21.8 Å². The molecular formula is C21H17ClN4O2S2. The standard InChI is InChI=1S/C21H17ClN4O2S2/c1-11-6-15(24-19(27)12(2)13-4-3-5-14(22)7-13)8-17-18(11)25-21(30-17)26-20(28)16-9-29-10-23-16/h3-10,12H,1-2H3,(H,24,27)(H,25,26,28). The van der Waals surface area contributed by atoms with Gasteiger partial charge in [0.05, 0.1) is 21.6 Å². The van der Waals surface area contributed by atoms with Crippen LogP contribution in [0.5, 0.6) is 0 Å². The number of rotatable bonds is 5. The zero-order valence-electron chi connectivity index (χ0n) is 16.1. The van der Waals surface area contributed by atoms with Crippen LogP contribution in [0.4, 0.5) is 10.8 Å². The molecule has 6 nitrogen and oxygen atoms in total. The van der Waals surface area contributed by atoms with Gasteiger partial charge in [0.1, 0.15) is 5.69 Å². The van der Waals surface area contributed by atoms with Crippen LogP contribution in [0, 0.1) is 6.92 Å². The van der Waals surface area contributed by atoms with Gasteiger partial charge in [-0.25, -0.2) is 9.97 Å². The molecular weight excluding hydrogens is 440 g/mol. The normalized spacial score (nSPS) is 12.0. The molecule has 2 aromatic heterocycles. The highest BCUT2D eigenvalue weighted by Gasteiger charge is 2.17. The van der Waals surface area contributed by atoms with Gasteiger partial charge < -0.3 is 5.32 Å². The van der Waals surface area contributed by atoms with Crippen molar-refractivity contribution < 1.29 is 9.59 Å². The number of nitrogens with zero attached hydrogens (tertiary/aromatic N) is 2. The van der Waals surface area contributed by atoms with Crippen LogP contribution in [0.25, 0.3) is 10.2 Å². The summed E-state index contributed by atoms with van der Waals surface area (Å²) in [7, 11) is 0. The van der Waals surface area contributed by atoms with Crippen LogP contribution in [0.3, 0.4) is 0 Å². The molecule has 0 aliphatic heterocycles. The molecule has 0 radical (unpaired) electrons. The van der Waals surface area contributed by atoms with Crippen LogP contribution in [-0.2, 0) is 4.79 Å². The second-order valence-corrected chi connectivity index (χ2v) is 8.94. The van der Waals surface area contributed by atoms with Gasteiger partial charge in [0.2, 0.25) is 5.91 Å². The maximum absolute atomic E-state index is 12.7. The third-order valence-electron chi connectivity index (χ3n) is 4.58. The third-order valence-corrected chi connectivity index (χ3v) is 6.32. The zero-order chi connectivity index (χ0) is 21.3. The van der Waals surface area contributed by atoms with E-state index < -0.39 is 0 Å². The molecule has 0 fully saturated rings. The van der Waals surface area contributed by atoms with Gasteiger partial charge in [0.15, 0.2) is 5.13 Å². The number of anilines is 2. The molecule has 1 unspecified atom stereocenters. The Labute approximate surface area is 185 Å². The first-order valence-electron chi connectivity index (χ1n) is 9.08. The molecule has 9 heteroatoms. The number of fused-ring (bicyclic) bond motifs is 1. The molecule has 1 atom stereocenters. The Morgan fingerprint density at radius 3 is 2.73 bits per heavy atom. The molecule has 4 rings (SSSR count). The van der Waals surface area contributed by atoms with Crippen LogP contribution in [0.2, 0.25) is 5.02 Å². The van der Waals surface area contributed by atoms with Crippen LogP contribution >= 0.6 is 34.3 Å². The number of hydrogen-bond donors (Lipinski definition) is 2. The average Bonchev–Trinajstić information content (AvgIpc) is 3.37. The van der Waals surface area contributed by atoms with E-state index in [9.17, 15) is 9.59 Å². The Balaban J connectivity index is 1.53. The fourth-order valence-corrected chi connectivity index (χ4v) is 4.70. The molecule has 30 heavy (non-hydrogen) atoms. The van der Waals surface area contributed by atoms with E-state index in [0.29, 0.717) is 21.5 Å². The van der Waals surface area contributed by atoms with E-state index in [4.69, 9.17) is 11.6 Å². The number of halogens is 1. The first-order valence-corrected chi connectivity index (χ1v) is 11.2. The van der Waals surface area contributed by atoms with Crippen molar-refractivity contribution in [2.45, 2.75) is 19.8 Å². The van der Waals surface area contributed by atoms with Crippen molar-refractivity contribution in [3.8, 4) is 0 Å². The Morgan fingerprint density at radius 2 is 2.00 bits per heavy atom. The molecule has 0 saturated carbocycles. The lowest BCUT2D eigenvalue weighted by Crippen LogP contribution is -2.18.